The number of aromatic amines is 1. The second-order valence-corrected chi connectivity index (χ2v) is 3.40. The molecule has 3 nitrogen and oxygen atoms in total. The normalized spacial score (nSPS) is 13.4. The third-order valence-electron chi connectivity index (χ3n) is 2.54. The number of hydrogen-bond acceptors (Lipinski definition) is 1. The lowest BCUT2D eigenvalue weighted by Gasteiger charge is -2.00. The Morgan fingerprint density at radius 2 is 2.00 bits per heavy atom. The van der Waals surface area contributed by atoms with Gasteiger partial charge < -0.3 is 5.73 Å². The highest BCUT2D eigenvalue weighted by molar-refractivity contribution is 5.16. The van der Waals surface area contributed by atoms with E-state index in [1.165, 1.54) is 17.0 Å². The number of aromatic nitrogens is 2. The molecule has 0 saturated heterocycles. The lowest BCUT2D eigenvalue weighted by atomic mass is 10.2. The summed E-state index contributed by atoms with van der Waals surface area (Å²) in [6.07, 6.45) is 0. The zero-order valence-electron chi connectivity index (χ0n) is 8.31. The van der Waals surface area contributed by atoms with Gasteiger partial charge in [0.15, 0.2) is 6.04 Å². The molecule has 0 bridgehead atoms. The highest BCUT2D eigenvalue weighted by Gasteiger charge is 2.19. The van der Waals surface area contributed by atoms with Gasteiger partial charge in [0.25, 0.3) is 0 Å². The molecule has 1 unspecified atom stereocenters. The molecule has 0 amide bonds. The van der Waals surface area contributed by atoms with Crippen molar-refractivity contribution in [2.75, 3.05) is 6.54 Å². The molecule has 68 valence electrons. The minimum Gasteiger partial charge on any atom is -0.325 e. The van der Waals surface area contributed by atoms with E-state index < -0.39 is 0 Å². The molecule has 1 atom stereocenters. The van der Waals surface area contributed by atoms with Crippen LogP contribution in [0.4, 0.5) is 0 Å². The molecule has 1 aromatic heterocycles. The molecule has 1 rings (SSSR count). The summed E-state index contributed by atoms with van der Waals surface area (Å²) in [6.45, 7) is 9.11. The third kappa shape index (κ3) is 1.37. The molecule has 0 saturated carbocycles. The first-order valence-corrected chi connectivity index (χ1v) is 4.35. The molecule has 0 aromatic carbocycles. The van der Waals surface area contributed by atoms with Gasteiger partial charge in [-0.25, -0.2) is 0 Å². The largest absolute Gasteiger partial charge is 0.325 e. The van der Waals surface area contributed by atoms with E-state index >= 15 is 0 Å². The minimum atomic E-state index is 0.359. The van der Waals surface area contributed by atoms with Crippen LogP contribution >= 0.6 is 0 Å². The summed E-state index contributed by atoms with van der Waals surface area (Å²) in [7, 11) is 0. The van der Waals surface area contributed by atoms with Crippen LogP contribution in [-0.4, -0.2) is 11.6 Å². The SMILES string of the molecule is Cc1[nH][n+](C(C)CN)c(C)c1C. The van der Waals surface area contributed by atoms with Crippen LogP contribution in [-0.2, 0) is 0 Å². The summed E-state index contributed by atoms with van der Waals surface area (Å²) in [4.78, 5) is 0. The Morgan fingerprint density at radius 1 is 1.42 bits per heavy atom. The van der Waals surface area contributed by atoms with E-state index in [4.69, 9.17) is 5.73 Å². The number of rotatable bonds is 2. The van der Waals surface area contributed by atoms with Gasteiger partial charge in [-0.3, -0.25) is 0 Å². The van der Waals surface area contributed by atoms with Crippen LogP contribution < -0.4 is 10.4 Å². The third-order valence-corrected chi connectivity index (χ3v) is 2.54. The lowest BCUT2D eigenvalue weighted by Crippen LogP contribution is -2.45. The van der Waals surface area contributed by atoms with Crippen molar-refractivity contribution in [3.8, 4) is 0 Å². The second-order valence-electron chi connectivity index (χ2n) is 3.40. The number of aryl methyl sites for hydroxylation is 1. The predicted octanol–water partition coefficient (Wildman–Crippen LogP) is 0.747. The molecule has 3 N–H and O–H groups in total. The van der Waals surface area contributed by atoms with Gasteiger partial charge in [-0.2, -0.15) is 5.10 Å². The molecule has 3 heteroatoms. The van der Waals surface area contributed by atoms with Crippen LogP contribution in [0.15, 0.2) is 0 Å². The van der Waals surface area contributed by atoms with Gasteiger partial charge in [0, 0.05) is 19.4 Å². The topological polar surface area (TPSA) is 45.7 Å². The highest BCUT2D eigenvalue weighted by Crippen LogP contribution is 2.07. The Morgan fingerprint density at radius 3 is 2.33 bits per heavy atom. The molecular weight excluding hydrogens is 150 g/mol. The zero-order valence-corrected chi connectivity index (χ0v) is 8.31. The Balaban J connectivity index is 3.08. The monoisotopic (exact) mass is 168 g/mol. The Kier molecular flexibility index (Phi) is 2.52. The molecular formula is C9H18N3+. The predicted molar refractivity (Wildman–Crippen MR) is 49.0 cm³/mol. The standard InChI is InChI=1S/C9H17N3/c1-6(5-10)12-9(4)7(2)8(3)11-12/h6H,5,10H2,1-4H3/p+1. The number of nitrogens with one attached hydrogen (secondary N) is 1. The summed E-state index contributed by atoms with van der Waals surface area (Å²) in [5.41, 5.74) is 9.43. The van der Waals surface area contributed by atoms with Crippen molar-refractivity contribution in [1.82, 2.24) is 5.10 Å². The maximum atomic E-state index is 5.59. The first kappa shape index (κ1) is 9.26. The summed E-state index contributed by atoms with van der Waals surface area (Å²) < 4.78 is 2.13. The van der Waals surface area contributed by atoms with Crippen molar-refractivity contribution in [2.24, 2.45) is 5.73 Å². The highest BCUT2D eigenvalue weighted by atomic mass is 15.3. The molecule has 0 aliphatic heterocycles. The Labute approximate surface area is 73.6 Å². The van der Waals surface area contributed by atoms with Crippen molar-refractivity contribution in [3.63, 3.8) is 0 Å². The maximum Gasteiger partial charge on any atom is 0.208 e. The van der Waals surface area contributed by atoms with E-state index in [0.717, 1.165) is 0 Å². The number of nitrogens with zero attached hydrogens (tertiary/aromatic N) is 1. The summed E-state index contributed by atoms with van der Waals surface area (Å²) in [5.74, 6) is 0. The number of H-pyrrole nitrogens is 1. The van der Waals surface area contributed by atoms with Crippen molar-refractivity contribution < 1.29 is 4.68 Å². The zero-order chi connectivity index (χ0) is 9.30. The lowest BCUT2D eigenvalue weighted by molar-refractivity contribution is -0.774. The van der Waals surface area contributed by atoms with Gasteiger partial charge in [-0.15, -0.1) is 4.68 Å². The van der Waals surface area contributed by atoms with Crippen molar-refractivity contribution in [3.05, 3.63) is 17.0 Å². The van der Waals surface area contributed by atoms with Gasteiger partial charge in [0.05, 0.1) is 12.2 Å². The second kappa shape index (κ2) is 3.27. The molecule has 12 heavy (non-hydrogen) atoms. The summed E-state index contributed by atoms with van der Waals surface area (Å²) >= 11 is 0. The summed E-state index contributed by atoms with van der Waals surface area (Å²) in [5, 5.41) is 3.30. The van der Waals surface area contributed by atoms with Gasteiger partial charge in [0.2, 0.25) is 5.69 Å². The van der Waals surface area contributed by atoms with E-state index in [-0.39, 0.29) is 0 Å². The van der Waals surface area contributed by atoms with Crippen LogP contribution in [0.1, 0.15) is 29.9 Å². The van der Waals surface area contributed by atoms with Gasteiger partial charge in [0.1, 0.15) is 0 Å². The average molecular weight is 168 g/mol. The molecule has 1 aromatic rings. The van der Waals surface area contributed by atoms with E-state index in [2.05, 4.69) is 37.5 Å². The van der Waals surface area contributed by atoms with Crippen LogP contribution in [0, 0.1) is 20.8 Å². The first-order valence-electron chi connectivity index (χ1n) is 4.35. The van der Waals surface area contributed by atoms with Gasteiger partial charge in [-0.1, -0.05) is 0 Å². The minimum absolute atomic E-state index is 0.359. The van der Waals surface area contributed by atoms with Crippen molar-refractivity contribution in [1.29, 1.82) is 0 Å². The molecule has 0 aliphatic rings. The van der Waals surface area contributed by atoms with E-state index in [1.807, 2.05) is 0 Å². The first-order chi connectivity index (χ1) is 5.57. The van der Waals surface area contributed by atoms with Gasteiger partial charge in [-0.05, 0) is 13.8 Å². The Bertz CT molecular complexity index is 276. The smallest absolute Gasteiger partial charge is 0.208 e. The van der Waals surface area contributed by atoms with E-state index in [1.54, 1.807) is 0 Å². The summed E-state index contributed by atoms with van der Waals surface area (Å²) in [6, 6.07) is 0.359. The average Bonchev–Trinajstić information content (AvgIpc) is 2.32. The quantitative estimate of drug-likeness (QED) is 0.629. The van der Waals surface area contributed by atoms with E-state index in [9.17, 15) is 0 Å². The molecule has 1 heterocycles. The van der Waals surface area contributed by atoms with Gasteiger partial charge >= 0.3 is 0 Å². The maximum absolute atomic E-state index is 5.59. The van der Waals surface area contributed by atoms with Crippen LogP contribution in [0.2, 0.25) is 0 Å². The fourth-order valence-corrected chi connectivity index (χ4v) is 1.35. The number of nitrogens with two attached hydrogens (primary N) is 1. The fraction of sp³-hybridized carbons (Fsp3) is 0.667. The molecule has 0 spiro atoms. The van der Waals surface area contributed by atoms with Crippen LogP contribution in [0.5, 0.6) is 0 Å². The van der Waals surface area contributed by atoms with Crippen molar-refractivity contribution >= 4 is 0 Å². The number of hydrogen-bond donors (Lipinski definition) is 2. The van der Waals surface area contributed by atoms with Crippen molar-refractivity contribution in [2.45, 2.75) is 33.7 Å². The fourth-order valence-electron chi connectivity index (χ4n) is 1.35. The molecule has 0 aliphatic carbocycles. The Hall–Kier alpha value is -0.830. The van der Waals surface area contributed by atoms with E-state index in [0.29, 0.717) is 12.6 Å². The van der Waals surface area contributed by atoms with Crippen LogP contribution in [0.25, 0.3) is 0 Å². The molecule has 0 fully saturated rings. The van der Waals surface area contributed by atoms with Crippen LogP contribution in [0.3, 0.4) is 0 Å². The molecule has 0 radical (unpaired) electrons.